The van der Waals surface area contributed by atoms with E-state index in [1.165, 1.54) is 13.3 Å². The van der Waals surface area contributed by atoms with Crippen molar-refractivity contribution in [1.82, 2.24) is 10.7 Å². The Hall–Kier alpha value is -3.06. The van der Waals surface area contributed by atoms with Gasteiger partial charge < -0.3 is 14.8 Å². The van der Waals surface area contributed by atoms with Crippen LogP contribution in [0.2, 0.25) is 5.02 Å². The monoisotopic (exact) mass is 389 g/mol. The summed E-state index contributed by atoms with van der Waals surface area (Å²) in [5, 5.41) is 6.45. The van der Waals surface area contributed by atoms with Crippen LogP contribution in [0.3, 0.4) is 0 Å². The Bertz CT molecular complexity index is 825. The van der Waals surface area contributed by atoms with Gasteiger partial charge in [0.25, 0.3) is 0 Å². The van der Waals surface area contributed by atoms with Gasteiger partial charge in [0.05, 0.1) is 18.3 Å². The van der Waals surface area contributed by atoms with Gasteiger partial charge in [-0.25, -0.2) is 5.43 Å². The highest BCUT2D eigenvalue weighted by atomic mass is 35.5. The Morgan fingerprint density at radius 1 is 1.19 bits per heavy atom. The van der Waals surface area contributed by atoms with E-state index in [9.17, 15) is 9.59 Å². The zero-order valence-electron chi connectivity index (χ0n) is 15.0. The van der Waals surface area contributed by atoms with Gasteiger partial charge in [0.15, 0.2) is 11.5 Å². The lowest BCUT2D eigenvalue weighted by atomic mass is 10.2. The zero-order valence-corrected chi connectivity index (χ0v) is 15.7. The first-order valence-electron chi connectivity index (χ1n) is 8.20. The Morgan fingerprint density at radius 2 is 1.93 bits per heavy atom. The number of amides is 2. The van der Waals surface area contributed by atoms with Crippen LogP contribution in [0.5, 0.6) is 11.5 Å². The average molecular weight is 390 g/mol. The van der Waals surface area contributed by atoms with Crippen LogP contribution < -0.4 is 20.2 Å². The van der Waals surface area contributed by atoms with E-state index in [4.69, 9.17) is 21.1 Å². The Labute approximate surface area is 162 Å². The van der Waals surface area contributed by atoms with Crippen LogP contribution in [0.25, 0.3) is 0 Å². The lowest BCUT2D eigenvalue weighted by Gasteiger charge is -2.13. The molecule has 0 saturated heterocycles. The van der Waals surface area contributed by atoms with E-state index < -0.39 is 11.8 Å². The molecule has 0 atom stereocenters. The molecule has 27 heavy (non-hydrogen) atoms. The first-order chi connectivity index (χ1) is 13.0. The van der Waals surface area contributed by atoms with Crippen LogP contribution in [0.4, 0.5) is 0 Å². The molecule has 0 spiro atoms. The van der Waals surface area contributed by atoms with Crippen molar-refractivity contribution in [3.05, 3.63) is 58.6 Å². The van der Waals surface area contributed by atoms with Gasteiger partial charge in [-0.3, -0.25) is 9.59 Å². The Kier molecular flexibility index (Phi) is 7.63. The maximum atomic E-state index is 11.5. The predicted octanol–water partition coefficient (Wildman–Crippen LogP) is 2.51. The molecule has 0 fully saturated rings. The maximum absolute atomic E-state index is 11.5. The van der Waals surface area contributed by atoms with Crippen LogP contribution in [-0.4, -0.2) is 31.7 Å². The summed E-state index contributed by atoms with van der Waals surface area (Å²) >= 11 is 6.29. The van der Waals surface area contributed by atoms with Crippen molar-refractivity contribution >= 4 is 29.6 Å². The molecular weight excluding hydrogens is 370 g/mol. The number of methoxy groups -OCH3 is 1. The van der Waals surface area contributed by atoms with Gasteiger partial charge in [0.2, 0.25) is 0 Å². The van der Waals surface area contributed by atoms with Gasteiger partial charge in [-0.1, -0.05) is 41.9 Å². The number of ether oxygens (including phenoxy) is 2. The fourth-order valence-electron chi connectivity index (χ4n) is 2.14. The van der Waals surface area contributed by atoms with E-state index in [2.05, 4.69) is 15.8 Å². The molecule has 2 N–H and O–H groups in total. The van der Waals surface area contributed by atoms with Crippen molar-refractivity contribution in [3.8, 4) is 11.5 Å². The standard InChI is InChI=1S/C19H20ClN3O4/c1-3-21-18(24)19(25)23-22-11-14-9-15(20)17(16(10-14)26-2)27-12-13-7-5-4-6-8-13/h4-11H,3,12H2,1-2H3,(H,21,24)(H,23,25)/b22-11-. The van der Waals surface area contributed by atoms with Crippen molar-refractivity contribution in [3.63, 3.8) is 0 Å². The highest BCUT2D eigenvalue weighted by Crippen LogP contribution is 2.36. The minimum Gasteiger partial charge on any atom is -0.493 e. The number of benzene rings is 2. The predicted molar refractivity (Wildman–Crippen MR) is 103 cm³/mol. The fourth-order valence-corrected chi connectivity index (χ4v) is 2.41. The molecule has 2 aromatic carbocycles. The van der Waals surface area contributed by atoms with E-state index >= 15 is 0 Å². The third-order valence-corrected chi connectivity index (χ3v) is 3.68. The largest absolute Gasteiger partial charge is 0.493 e. The highest BCUT2D eigenvalue weighted by Gasteiger charge is 2.13. The number of hydrogen-bond acceptors (Lipinski definition) is 5. The molecule has 142 valence electrons. The summed E-state index contributed by atoms with van der Waals surface area (Å²) in [5.74, 6) is -0.773. The summed E-state index contributed by atoms with van der Waals surface area (Å²) in [5.41, 5.74) is 3.70. The van der Waals surface area contributed by atoms with Gasteiger partial charge >= 0.3 is 11.8 Å². The molecule has 0 aliphatic heterocycles. The number of nitrogens with one attached hydrogen (secondary N) is 2. The molecular formula is C19H20ClN3O4. The summed E-state index contributed by atoms with van der Waals surface area (Å²) < 4.78 is 11.1. The summed E-state index contributed by atoms with van der Waals surface area (Å²) in [4.78, 5) is 22.8. The van der Waals surface area contributed by atoms with E-state index in [-0.39, 0.29) is 0 Å². The van der Waals surface area contributed by atoms with E-state index in [0.717, 1.165) is 5.56 Å². The van der Waals surface area contributed by atoms with E-state index in [1.54, 1.807) is 19.1 Å². The van der Waals surface area contributed by atoms with Crippen molar-refractivity contribution in [2.75, 3.05) is 13.7 Å². The molecule has 0 aromatic heterocycles. The van der Waals surface area contributed by atoms with Crippen molar-refractivity contribution in [1.29, 1.82) is 0 Å². The second-order valence-corrected chi connectivity index (χ2v) is 5.77. The SMILES string of the molecule is CCNC(=O)C(=O)N/N=C\c1cc(Cl)c(OCc2ccccc2)c(OC)c1. The zero-order chi connectivity index (χ0) is 19.6. The molecule has 0 bridgehead atoms. The van der Waals surface area contributed by atoms with Crippen molar-refractivity contribution in [2.24, 2.45) is 5.10 Å². The number of hydrazone groups is 1. The smallest absolute Gasteiger partial charge is 0.329 e. The van der Waals surface area contributed by atoms with Crippen molar-refractivity contribution in [2.45, 2.75) is 13.5 Å². The third-order valence-electron chi connectivity index (χ3n) is 3.40. The van der Waals surface area contributed by atoms with E-state index in [1.807, 2.05) is 30.3 Å². The first kappa shape index (κ1) is 20.3. The Morgan fingerprint density at radius 3 is 2.59 bits per heavy atom. The number of likely N-dealkylation sites (N-methyl/N-ethyl adjacent to an activating group) is 1. The average Bonchev–Trinajstić information content (AvgIpc) is 2.67. The normalized spacial score (nSPS) is 10.5. The first-order valence-corrected chi connectivity index (χ1v) is 8.58. The number of hydrogen-bond donors (Lipinski definition) is 2. The molecule has 0 aliphatic rings. The summed E-state index contributed by atoms with van der Waals surface area (Å²) in [7, 11) is 1.50. The molecule has 8 heteroatoms. The van der Waals surface area contributed by atoms with Gasteiger partial charge in [-0.2, -0.15) is 5.10 Å². The maximum Gasteiger partial charge on any atom is 0.329 e. The van der Waals surface area contributed by atoms with Crippen molar-refractivity contribution < 1.29 is 19.1 Å². The van der Waals surface area contributed by atoms with E-state index in [0.29, 0.717) is 35.2 Å². The molecule has 2 aromatic rings. The van der Waals surface area contributed by atoms with Gasteiger partial charge in [-0.15, -0.1) is 0 Å². The molecule has 0 heterocycles. The second-order valence-electron chi connectivity index (χ2n) is 5.37. The molecule has 0 unspecified atom stereocenters. The van der Waals surface area contributed by atoms with Crippen LogP contribution in [0.1, 0.15) is 18.1 Å². The number of halogens is 1. The van der Waals surface area contributed by atoms with Crippen LogP contribution in [-0.2, 0) is 16.2 Å². The summed E-state index contributed by atoms with van der Waals surface area (Å²) in [6.07, 6.45) is 1.35. The van der Waals surface area contributed by atoms with Crippen LogP contribution in [0, 0.1) is 0 Å². The number of carbonyl (C=O) groups excluding carboxylic acids is 2. The molecule has 0 radical (unpaired) electrons. The minimum absolute atomic E-state index is 0.335. The quantitative estimate of drug-likeness (QED) is 0.432. The lowest BCUT2D eigenvalue weighted by Crippen LogP contribution is -2.37. The van der Waals surface area contributed by atoms with Gasteiger partial charge in [-0.05, 0) is 30.2 Å². The highest BCUT2D eigenvalue weighted by molar-refractivity contribution is 6.35. The fraction of sp³-hybridized carbons (Fsp3) is 0.211. The molecule has 2 amide bonds. The molecule has 0 saturated carbocycles. The lowest BCUT2D eigenvalue weighted by molar-refractivity contribution is -0.139. The summed E-state index contributed by atoms with van der Waals surface area (Å²) in [6.45, 7) is 2.41. The summed E-state index contributed by atoms with van der Waals surface area (Å²) in [6, 6.07) is 12.9. The Balaban J connectivity index is 2.07. The number of carbonyl (C=O) groups is 2. The topological polar surface area (TPSA) is 89.0 Å². The van der Waals surface area contributed by atoms with Gasteiger partial charge in [0, 0.05) is 6.54 Å². The molecule has 2 rings (SSSR count). The number of rotatable bonds is 7. The second kappa shape index (κ2) is 10.2. The minimum atomic E-state index is -0.853. The number of nitrogens with zero attached hydrogens (tertiary/aromatic N) is 1. The third kappa shape index (κ3) is 6.00. The van der Waals surface area contributed by atoms with Gasteiger partial charge in [0.1, 0.15) is 6.61 Å². The molecule has 7 nitrogen and oxygen atoms in total. The molecule has 0 aliphatic carbocycles. The van der Waals surface area contributed by atoms with Crippen LogP contribution in [0.15, 0.2) is 47.6 Å². The van der Waals surface area contributed by atoms with Crippen LogP contribution >= 0.6 is 11.6 Å².